The smallest absolute Gasteiger partial charge is 0.235 e. The molecule has 18 heavy (non-hydrogen) atoms. The van der Waals surface area contributed by atoms with E-state index in [2.05, 4.69) is 6.92 Å². The van der Waals surface area contributed by atoms with Crippen LogP contribution in [0.2, 0.25) is 0 Å². The average molecular weight is 269 g/mol. The third-order valence-electron chi connectivity index (χ3n) is 3.45. The molecule has 2 rings (SSSR count). The van der Waals surface area contributed by atoms with Gasteiger partial charge < -0.3 is 9.32 Å². The van der Waals surface area contributed by atoms with E-state index in [-0.39, 0.29) is 11.7 Å². The van der Waals surface area contributed by atoms with Crippen LogP contribution in [0.25, 0.3) is 0 Å². The molecule has 0 saturated carbocycles. The Balaban J connectivity index is 1.92. The van der Waals surface area contributed by atoms with Gasteiger partial charge in [0, 0.05) is 13.1 Å². The maximum absolute atomic E-state index is 12.0. The first-order chi connectivity index (χ1) is 8.58. The standard InChI is InChI=1S/C13H19NO3S/c1-10-3-6-14(7-4-10)13(15)9-18(16)12-5-8-17-11(12)2/h5,8,10H,3-4,6-7,9H2,1-2H3/t18-/m1/s1. The minimum atomic E-state index is -1.29. The van der Waals surface area contributed by atoms with Crippen LogP contribution in [-0.2, 0) is 15.6 Å². The molecule has 1 aliphatic heterocycles. The number of carbonyl (C=O) groups excluding carboxylic acids is 1. The third-order valence-corrected chi connectivity index (χ3v) is 4.87. The summed E-state index contributed by atoms with van der Waals surface area (Å²) < 4.78 is 17.2. The van der Waals surface area contributed by atoms with Gasteiger partial charge in [-0.3, -0.25) is 9.00 Å². The SMILES string of the molecule is Cc1occc1[S@](=O)CC(=O)N1CCC(C)CC1. The third kappa shape index (κ3) is 3.02. The summed E-state index contributed by atoms with van der Waals surface area (Å²) in [6.07, 6.45) is 3.60. The highest BCUT2D eigenvalue weighted by Gasteiger charge is 2.23. The number of piperidine rings is 1. The second-order valence-corrected chi connectivity index (χ2v) is 6.31. The van der Waals surface area contributed by atoms with Crippen molar-refractivity contribution in [2.24, 2.45) is 5.92 Å². The van der Waals surface area contributed by atoms with Gasteiger partial charge in [-0.25, -0.2) is 0 Å². The quantitative estimate of drug-likeness (QED) is 0.842. The molecule has 5 heteroatoms. The Morgan fingerprint density at radius 2 is 2.17 bits per heavy atom. The number of amides is 1. The fourth-order valence-corrected chi connectivity index (χ4v) is 3.29. The maximum Gasteiger partial charge on any atom is 0.235 e. The van der Waals surface area contributed by atoms with Crippen LogP contribution in [-0.4, -0.2) is 33.9 Å². The van der Waals surface area contributed by atoms with Crippen LogP contribution >= 0.6 is 0 Å². The van der Waals surface area contributed by atoms with E-state index >= 15 is 0 Å². The van der Waals surface area contributed by atoms with Gasteiger partial charge in [0.25, 0.3) is 0 Å². The zero-order chi connectivity index (χ0) is 13.1. The van der Waals surface area contributed by atoms with Crippen LogP contribution in [0.4, 0.5) is 0 Å². The first-order valence-corrected chi connectivity index (χ1v) is 7.60. The average Bonchev–Trinajstić information content (AvgIpc) is 2.76. The van der Waals surface area contributed by atoms with Crippen LogP contribution in [0, 0.1) is 12.8 Å². The minimum Gasteiger partial charge on any atom is -0.468 e. The molecule has 0 bridgehead atoms. The van der Waals surface area contributed by atoms with Crippen LogP contribution in [0.1, 0.15) is 25.5 Å². The summed E-state index contributed by atoms with van der Waals surface area (Å²) in [6.45, 7) is 5.55. The fourth-order valence-electron chi connectivity index (χ4n) is 2.15. The van der Waals surface area contributed by atoms with E-state index in [1.807, 2.05) is 4.90 Å². The minimum absolute atomic E-state index is 0.0131. The second-order valence-electron chi connectivity index (χ2n) is 4.89. The lowest BCUT2D eigenvalue weighted by molar-refractivity contribution is -0.129. The highest BCUT2D eigenvalue weighted by molar-refractivity contribution is 7.85. The largest absolute Gasteiger partial charge is 0.468 e. The van der Waals surface area contributed by atoms with Gasteiger partial charge in [-0.15, -0.1) is 0 Å². The Labute approximate surface area is 110 Å². The molecule has 2 heterocycles. The normalized spacial score (nSPS) is 18.9. The van der Waals surface area contributed by atoms with E-state index in [1.54, 1.807) is 13.0 Å². The number of nitrogens with zero attached hydrogens (tertiary/aromatic N) is 1. The van der Waals surface area contributed by atoms with Gasteiger partial charge in [-0.2, -0.15) is 0 Å². The van der Waals surface area contributed by atoms with Crippen molar-refractivity contribution in [1.29, 1.82) is 0 Å². The molecule has 4 nitrogen and oxygen atoms in total. The number of aryl methyl sites for hydroxylation is 1. The summed E-state index contributed by atoms with van der Waals surface area (Å²) in [5.74, 6) is 1.37. The molecule has 1 saturated heterocycles. The maximum atomic E-state index is 12.0. The van der Waals surface area contributed by atoms with Gasteiger partial charge in [0.1, 0.15) is 11.5 Å². The van der Waals surface area contributed by atoms with Crippen molar-refractivity contribution in [1.82, 2.24) is 4.90 Å². The van der Waals surface area contributed by atoms with Crippen molar-refractivity contribution in [3.8, 4) is 0 Å². The Hall–Kier alpha value is -1.10. The molecular weight excluding hydrogens is 250 g/mol. The Bertz CT molecular complexity index is 447. The van der Waals surface area contributed by atoms with Crippen molar-refractivity contribution in [2.75, 3.05) is 18.8 Å². The molecule has 0 aromatic carbocycles. The number of carbonyl (C=O) groups is 1. The highest BCUT2D eigenvalue weighted by atomic mass is 32.2. The van der Waals surface area contributed by atoms with E-state index in [0.29, 0.717) is 16.6 Å². The zero-order valence-corrected chi connectivity index (χ0v) is 11.7. The number of rotatable bonds is 3. The van der Waals surface area contributed by atoms with Crippen molar-refractivity contribution in [3.63, 3.8) is 0 Å². The molecule has 0 aliphatic carbocycles. The van der Waals surface area contributed by atoms with Gasteiger partial charge in [0.2, 0.25) is 5.91 Å². The van der Waals surface area contributed by atoms with Crippen LogP contribution in [0.3, 0.4) is 0 Å². The molecule has 1 amide bonds. The Kier molecular flexibility index (Phi) is 4.22. The summed E-state index contributed by atoms with van der Waals surface area (Å²) in [5.41, 5.74) is 0. The molecule has 0 radical (unpaired) electrons. The molecule has 0 spiro atoms. The molecule has 100 valence electrons. The summed E-state index contributed by atoms with van der Waals surface area (Å²) in [6, 6.07) is 1.68. The number of furan rings is 1. The lowest BCUT2D eigenvalue weighted by Gasteiger charge is -2.30. The van der Waals surface area contributed by atoms with Crippen molar-refractivity contribution in [3.05, 3.63) is 18.1 Å². The van der Waals surface area contributed by atoms with Crippen LogP contribution < -0.4 is 0 Å². The summed E-state index contributed by atoms with van der Waals surface area (Å²) in [4.78, 5) is 14.5. The lowest BCUT2D eigenvalue weighted by Crippen LogP contribution is -2.40. The van der Waals surface area contributed by atoms with E-state index < -0.39 is 10.8 Å². The molecule has 1 aromatic heterocycles. The molecule has 0 unspecified atom stereocenters. The van der Waals surface area contributed by atoms with Crippen molar-refractivity contribution >= 4 is 16.7 Å². The van der Waals surface area contributed by atoms with Crippen LogP contribution in [0.5, 0.6) is 0 Å². The molecule has 0 N–H and O–H groups in total. The fraction of sp³-hybridized carbons (Fsp3) is 0.615. The van der Waals surface area contributed by atoms with E-state index in [4.69, 9.17) is 4.42 Å². The second kappa shape index (κ2) is 5.69. The van der Waals surface area contributed by atoms with Gasteiger partial charge in [-0.05, 0) is 31.7 Å². The number of likely N-dealkylation sites (tertiary alicyclic amines) is 1. The molecular formula is C13H19NO3S. The summed E-state index contributed by atoms with van der Waals surface area (Å²) in [7, 11) is -1.29. The summed E-state index contributed by atoms with van der Waals surface area (Å²) in [5, 5.41) is 0. The number of hydrogen-bond donors (Lipinski definition) is 0. The van der Waals surface area contributed by atoms with E-state index in [9.17, 15) is 9.00 Å². The zero-order valence-electron chi connectivity index (χ0n) is 10.8. The topological polar surface area (TPSA) is 50.5 Å². The van der Waals surface area contributed by atoms with Gasteiger partial charge in [0.05, 0.1) is 22.0 Å². The highest BCUT2D eigenvalue weighted by Crippen LogP contribution is 2.18. The van der Waals surface area contributed by atoms with Crippen LogP contribution in [0.15, 0.2) is 21.6 Å². The monoisotopic (exact) mass is 269 g/mol. The van der Waals surface area contributed by atoms with Crippen molar-refractivity contribution < 1.29 is 13.4 Å². The first-order valence-electron chi connectivity index (χ1n) is 6.28. The summed E-state index contributed by atoms with van der Waals surface area (Å²) >= 11 is 0. The van der Waals surface area contributed by atoms with Crippen molar-refractivity contribution in [2.45, 2.75) is 31.6 Å². The number of hydrogen-bond acceptors (Lipinski definition) is 3. The first kappa shape index (κ1) is 13.3. The molecule has 1 aliphatic rings. The molecule has 1 aromatic rings. The molecule has 1 fully saturated rings. The Morgan fingerprint density at radius 3 is 2.72 bits per heavy atom. The van der Waals surface area contributed by atoms with Gasteiger partial charge in [0.15, 0.2) is 0 Å². The van der Waals surface area contributed by atoms with E-state index in [1.165, 1.54) is 6.26 Å². The predicted molar refractivity (Wildman–Crippen MR) is 69.7 cm³/mol. The Morgan fingerprint density at radius 1 is 1.50 bits per heavy atom. The van der Waals surface area contributed by atoms with Gasteiger partial charge in [-0.1, -0.05) is 6.92 Å². The van der Waals surface area contributed by atoms with E-state index in [0.717, 1.165) is 25.9 Å². The lowest BCUT2D eigenvalue weighted by atomic mass is 9.99. The van der Waals surface area contributed by atoms with Gasteiger partial charge >= 0.3 is 0 Å². The predicted octanol–water partition coefficient (Wildman–Crippen LogP) is 1.95. The molecule has 1 atom stereocenters.